The van der Waals surface area contributed by atoms with Crippen LogP contribution < -0.4 is 25.4 Å². The van der Waals surface area contributed by atoms with Crippen molar-refractivity contribution in [2.45, 2.75) is 13.0 Å². The van der Waals surface area contributed by atoms with E-state index in [1.165, 1.54) is 14.2 Å². The Morgan fingerprint density at radius 1 is 1.04 bits per heavy atom. The summed E-state index contributed by atoms with van der Waals surface area (Å²) in [6.45, 7) is 1.69. The van der Waals surface area contributed by atoms with Crippen molar-refractivity contribution in [1.82, 2.24) is 10.6 Å². The summed E-state index contributed by atoms with van der Waals surface area (Å²) in [6, 6.07) is 13.4. The zero-order valence-electron chi connectivity index (χ0n) is 15.3. The first-order valence-corrected chi connectivity index (χ1v) is 8.40. The quantitative estimate of drug-likeness (QED) is 0.758. The number of carbonyl (C=O) groups is 2. The smallest absolute Gasteiger partial charge is 0.319 e. The van der Waals surface area contributed by atoms with Crippen LogP contribution in [0.1, 0.15) is 18.5 Å². The minimum absolute atomic E-state index is 0.318. The van der Waals surface area contributed by atoms with E-state index in [-0.39, 0.29) is 5.91 Å². The summed E-state index contributed by atoms with van der Waals surface area (Å²) < 4.78 is 10.8. The van der Waals surface area contributed by atoms with Crippen LogP contribution in [0.15, 0.2) is 59.8 Å². The molecule has 1 aliphatic heterocycles. The third kappa shape index (κ3) is 3.72. The van der Waals surface area contributed by atoms with Gasteiger partial charge in [-0.15, -0.1) is 0 Å². The number of urea groups is 1. The molecular formula is C20H21N3O4. The molecule has 1 atom stereocenters. The highest BCUT2D eigenvalue weighted by Crippen LogP contribution is 2.38. The third-order valence-corrected chi connectivity index (χ3v) is 4.29. The van der Waals surface area contributed by atoms with Gasteiger partial charge in [0, 0.05) is 16.9 Å². The van der Waals surface area contributed by atoms with Crippen molar-refractivity contribution < 1.29 is 19.1 Å². The van der Waals surface area contributed by atoms with Gasteiger partial charge in [0.15, 0.2) is 11.5 Å². The Hall–Kier alpha value is -3.48. The van der Waals surface area contributed by atoms with E-state index in [2.05, 4.69) is 16.0 Å². The molecule has 0 spiro atoms. The van der Waals surface area contributed by atoms with Crippen molar-refractivity contribution >= 4 is 17.6 Å². The average molecular weight is 367 g/mol. The van der Waals surface area contributed by atoms with Gasteiger partial charge in [0.1, 0.15) is 0 Å². The second-order valence-corrected chi connectivity index (χ2v) is 5.97. The fourth-order valence-electron chi connectivity index (χ4n) is 3.09. The van der Waals surface area contributed by atoms with Crippen LogP contribution in [0.25, 0.3) is 0 Å². The van der Waals surface area contributed by atoms with Gasteiger partial charge < -0.3 is 25.4 Å². The van der Waals surface area contributed by atoms with E-state index in [0.717, 1.165) is 0 Å². The molecule has 2 aromatic carbocycles. The summed E-state index contributed by atoms with van der Waals surface area (Å²) in [6.07, 6.45) is 0. The zero-order chi connectivity index (χ0) is 19.4. The molecule has 0 fully saturated rings. The number of anilines is 1. The fourth-order valence-corrected chi connectivity index (χ4v) is 3.09. The second-order valence-electron chi connectivity index (χ2n) is 5.97. The molecule has 140 valence electrons. The number of benzene rings is 2. The van der Waals surface area contributed by atoms with Crippen LogP contribution in [0.2, 0.25) is 0 Å². The van der Waals surface area contributed by atoms with Gasteiger partial charge in [-0.25, -0.2) is 4.79 Å². The lowest BCUT2D eigenvalue weighted by Gasteiger charge is -2.30. The van der Waals surface area contributed by atoms with Gasteiger partial charge in [0.05, 0.1) is 25.8 Å². The topological polar surface area (TPSA) is 88.7 Å². The van der Waals surface area contributed by atoms with E-state index in [0.29, 0.717) is 34.0 Å². The number of ether oxygens (including phenoxy) is 2. The minimum Gasteiger partial charge on any atom is -0.493 e. The molecule has 0 radical (unpaired) electrons. The highest BCUT2D eigenvalue weighted by atomic mass is 16.5. The van der Waals surface area contributed by atoms with Gasteiger partial charge in [0.25, 0.3) is 5.91 Å². The maximum Gasteiger partial charge on any atom is 0.319 e. The summed E-state index contributed by atoms with van der Waals surface area (Å²) in [4.78, 5) is 25.1. The molecule has 3 amide bonds. The summed E-state index contributed by atoms with van der Waals surface area (Å²) in [5.74, 6) is 0.661. The molecule has 0 aromatic heterocycles. The Labute approximate surface area is 157 Å². The highest BCUT2D eigenvalue weighted by Gasteiger charge is 2.33. The first-order chi connectivity index (χ1) is 13.0. The number of nitrogens with one attached hydrogen (secondary N) is 3. The van der Waals surface area contributed by atoms with Gasteiger partial charge in [-0.05, 0) is 25.1 Å². The molecule has 3 N–H and O–H groups in total. The molecule has 7 heteroatoms. The maximum absolute atomic E-state index is 13.0. The van der Waals surface area contributed by atoms with E-state index >= 15 is 0 Å². The van der Waals surface area contributed by atoms with Crippen molar-refractivity contribution in [3.63, 3.8) is 0 Å². The summed E-state index contributed by atoms with van der Waals surface area (Å²) in [7, 11) is 3.05. The predicted molar refractivity (Wildman–Crippen MR) is 102 cm³/mol. The molecule has 1 aliphatic rings. The van der Waals surface area contributed by atoms with E-state index in [1.54, 1.807) is 37.3 Å². The van der Waals surface area contributed by atoms with Crippen LogP contribution in [-0.2, 0) is 4.79 Å². The number of hydrogen-bond donors (Lipinski definition) is 3. The Morgan fingerprint density at radius 2 is 1.78 bits per heavy atom. The first kappa shape index (κ1) is 18.3. The van der Waals surface area contributed by atoms with E-state index in [4.69, 9.17) is 9.47 Å². The molecule has 7 nitrogen and oxygen atoms in total. The molecule has 1 unspecified atom stereocenters. The van der Waals surface area contributed by atoms with Crippen molar-refractivity contribution in [2.24, 2.45) is 0 Å². The lowest BCUT2D eigenvalue weighted by atomic mass is 9.93. The van der Waals surface area contributed by atoms with E-state index in [1.807, 2.05) is 18.2 Å². The molecule has 2 aromatic rings. The number of para-hydroxylation sites is 2. The number of rotatable bonds is 5. The number of hydrogen-bond acceptors (Lipinski definition) is 4. The molecule has 0 bridgehead atoms. The Morgan fingerprint density at radius 3 is 2.44 bits per heavy atom. The molecule has 0 saturated carbocycles. The number of methoxy groups -OCH3 is 2. The largest absolute Gasteiger partial charge is 0.493 e. The number of allylic oxidation sites excluding steroid dienone is 1. The van der Waals surface area contributed by atoms with E-state index in [9.17, 15) is 9.59 Å². The predicted octanol–water partition coefficient (Wildman–Crippen LogP) is 2.97. The average Bonchev–Trinajstić information content (AvgIpc) is 2.67. The normalized spacial score (nSPS) is 16.3. The SMILES string of the molecule is COc1cccc(C2NC(=O)NC(C)=C2C(=O)Nc2ccccc2)c1OC. The van der Waals surface area contributed by atoms with Crippen LogP contribution in [0.4, 0.5) is 10.5 Å². The van der Waals surface area contributed by atoms with Gasteiger partial charge in [0.2, 0.25) is 0 Å². The molecular weight excluding hydrogens is 346 g/mol. The highest BCUT2D eigenvalue weighted by molar-refractivity contribution is 6.06. The van der Waals surface area contributed by atoms with E-state index < -0.39 is 12.1 Å². The third-order valence-electron chi connectivity index (χ3n) is 4.29. The monoisotopic (exact) mass is 367 g/mol. The Balaban J connectivity index is 2.04. The number of amides is 3. The van der Waals surface area contributed by atoms with Crippen molar-refractivity contribution in [3.8, 4) is 11.5 Å². The van der Waals surface area contributed by atoms with Crippen LogP contribution in [0.5, 0.6) is 11.5 Å². The molecule has 0 saturated heterocycles. The standard InChI is InChI=1S/C20H21N3O4/c1-12-16(19(24)22-13-8-5-4-6-9-13)17(23-20(25)21-12)14-10-7-11-15(26-2)18(14)27-3/h4-11,17H,1-3H3,(H,22,24)(H2,21,23,25). The molecule has 3 rings (SSSR count). The zero-order valence-corrected chi connectivity index (χ0v) is 15.3. The molecule has 0 aliphatic carbocycles. The Kier molecular flexibility index (Phi) is 5.30. The van der Waals surface area contributed by atoms with Crippen molar-refractivity contribution in [1.29, 1.82) is 0 Å². The van der Waals surface area contributed by atoms with Crippen molar-refractivity contribution in [3.05, 3.63) is 65.4 Å². The van der Waals surface area contributed by atoms with Gasteiger partial charge in [-0.2, -0.15) is 0 Å². The van der Waals surface area contributed by atoms with Gasteiger partial charge in [-0.1, -0.05) is 30.3 Å². The molecule has 27 heavy (non-hydrogen) atoms. The van der Waals surface area contributed by atoms with Gasteiger partial charge in [-0.3, -0.25) is 4.79 Å². The van der Waals surface area contributed by atoms with Gasteiger partial charge >= 0.3 is 6.03 Å². The lowest BCUT2D eigenvalue weighted by Crippen LogP contribution is -2.46. The van der Waals surface area contributed by atoms with Crippen LogP contribution in [0, 0.1) is 0 Å². The molecule has 1 heterocycles. The van der Waals surface area contributed by atoms with Crippen molar-refractivity contribution in [2.75, 3.05) is 19.5 Å². The minimum atomic E-state index is -0.687. The first-order valence-electron chi connectivity index (χ1n) is 8.40. The van der Waals surface area contributed by atoms with Crippen LogP contribution >= 0.6 is 0 Å². The van der Waals surface area contributed by atoms with Crippen LogP contribution in [0.3, 0.4) is 0 Å². The lowest BCUT2D eigenvalue weighted by molar-refractivity contribution is -0.113. The number of carbonyl (C=O) groups excluding carboxylic acids is 2. The van der Waals surface area contributed by atoms with Crippen LogP contribution in [-0.4, -0.2) is 26.2 Å². The summed E-state index contributed by atoms with van der Waals surface area (Å²) in [5.41, 5.74) is 2.16. The summed E-state index contributed by atoms with van der Waals surface area (Å²) in [5, 5.41) is 8.32. The maximum atomic E-state index is 13.0. The Bertz CT molecular complexity index is 893. The fraction of sp³-hybridized carbons (Fsp3) is 0.200. The second kappa shape index (κ2) is 7.82. The summed E-state index contributed by atoms with van der Waals surface area (Å²) >= 11 is 0.